The summed E-state index contributed by atoms with van der Waals surface area (Å²) < 4.78 is 0. The second-order valence-corrected chi connectivity index (χ2v) is 4.47. The highest BCUT2D eigenvalue weighted by Crippen LogP contribution is 2.24. The zero-order valence-electron chi connectivity index (χ0n) is 7.98. The van der Waals surface area contributed by atoms with E-state index in [1.54, 1.807) is 5.57 Å². The first kappa shape index (κ1) is 10.3. The fourth-order valence-electron chi connectivity index (χ4n) is 1.90. The molecular weight excluding hydrogens is 212 g/mol. The van der Waals surface area contributed by atoms with Crippen LogP contribution >= 0.6 is 15.9 Å². The van der Waals surface area contributed by atoms with Crippen LogP contribution in [-0.2, 0) is 0 Å². The molecule has 0 aromatic carbocycles. The number of allylic oxidation sites excluding steroid dienone is 1. The molecule has 1 aliphatic carbocycles. The van der Waals surface area contributed by atoms with Gasteiger partial charge in [0.25, 0.3) is 0 Å². The molecule has 1 saturated carbocycles. The summed E-state index contributed by atoms with van der Waals surface area (Å²) in [6, 6.07) is 0. The van der Waals surface area contributed by atoms with E-state index in [-0.39, 0.29) is 0 Å². The van der Waals surface area contributed by atoms with Gasteiger partial charge >= 0.3 is 0 Å². The Hall–Kier alpha value is 0.220. The zero-order valence-corrected chi connectivity index (χ0v) is 9.57. The van der Waals surface area contributed by atoms with Crippen molar-refractivity contribution in [3.8, 4) is 0 Å². The Morgan fingerprint density at radius 2 is 1.83 bits per heavy atom. The van der Waals surface area contributed by atoms with E-state index < -0.39 is 0 Å². The van der Waals surface area contributed by atoms with Crippen molar-refractivity contribution in [3.63, 3.8) is 0 Å². The van der Waals surface area contributed by atoms with Crippen LogP contribution in [-0.4, -0.2) is 0 Å². The Morgan fingerprint density at radius 3 is 2.58 bits per heavy atom. The van der Waals surface area contributed by atoms with Crippen LogP contribution < -0.4 is 0 Å². The van der Waals surface area contributed by atoms with Gasteiger partial charge in [-0.25, -0.2) is 0 Å². The molecule has 0 aromatic heterocycles. The van der Waals surface area contributed by atoms with Gasteiger partial charge in [0, 0.05) is 0 Å². The molecule has 1 rings (SSSR count). The van der Waals surface area contributed by atoms with Crippen LogP contribution in [0.2, 0.25) is 0 Å². The third kappa shape index (κ3) is 3.75. The number of hydrogen-bond acceptors (Lipinski definition) is 0. The van der Waals surface area contributed by atoms with E-state index in [4.69, 9.17) is 0 Å². The van der Waals surface area contributed by atoms with Crippen LogP contribution in [0.15, 0.2) is 10.6 Å². The fraction of sp³-hybridized carbons (Fsp3) is 0.818. The van der Waals surface area contributed by atoms with Gasteiger partial charge in [-0.1, -0.05) is 47.7 Å². The van der Waals surface area contributed by atoms with E-state index in [9.17, 15) is 0 Å². The maximum atomic E-state index is 3.45. The van der Waals surface area contributed by atoms with E-state index >= 15 is 0 Å². The maximum Gasteiger partial charge on any atom is -0.0197 e. The third-order valence-electron chi connectivity index (χ3n) is 2.79. The zero-order chi connectivity index (χ0) is 8.81. The van der Waals surface area contributed by atoms with Crippen LogP contribution in [0.3, 0.4) is 0 Å². The van der Waals surface area contributed by atoms with Gasteiger partial charge in [0.15, 0.2) is 0 Å². The smallest absolute Gasteiger partial charge is 0.0197 e. The molecule has 0 aliphatic heterocycles. The quantitative estimate of drug-likeness (QED) is 0.569. The molecule has 1 fully saturated rings. The Labute approximate surface area is 84.6 Å². The predicted octanol–water partition coefficient (Wildman–Crippen LogP) is 4.65. The summed E-state index contributed by atoms with van der Waals surface area (Å²) in [5.74, 6) is 0.958. The van der Waals surface area contributed by atoms with Crippen LogP contribution in [0, 0.1) is 5.92 Å². The first-order valence-corrected chi connectivity index (χ1v) is 6.02. The molecule has 70 valence electrons. The number of hydrogen-bond donors (Lipinski definition) is 0. The molecular formula is C11H19Br. The Bertz CT molecular complexity index is 149. The second kappa shape index (κ2) is 5.80. The highest BCUT2D eigenvalue weighted by atomic mass is 79.9. The molecule has 12 heavy (non-hydrogen) atoms. The van der Waals surface area contributed by atoms with Gasteiger partial charge < -0.3 is 0 Å². The topological polar surface area (TPSA) is 0 Å². The van der Waals surface area contributed by atoms with Crippen molar-refractivity contribution in [3.05, 3.63) is 10.6 Å². The number of halogens is 1. The molecule has 0 aromatic rings. The Kier molecular flexibility index (Phi) is 4.98. The standard InChI is InChI=1S/C11H19Br/c1-10-5-2-3-7-11(9-12)8-4-6-10/h9-10H,2-8H2,1H3/b11-9+. The SMILES string of the molecule is CC1CCCC/C(=C\Br)CCC1. The van der Waals surface area contributed by atoms with Crippen molar-refractivity contribution in [1.29, 1.82) is 0 Å². The lowest BCUT2D eigenvalue weighted by atomic mass is 9.99. The largest absolute Gasteiger partial charge is 0.0633 e. The fourth-order valence-corrected chi connectivity index (χ4v) is 2.36. The lowest BCUT2D eigenvalue weighted by Crippen LogP contribution is -1.92. The van der Waals surface area contributed by atoms with E-state index in [1.807, 2.05) is 0 Å². The van der Waals surface area contributed by atoms with Gasteiger partial charge in [0.2, 0.25) is 0 Å². The highest BCUT2D eigenvalue weighted by Gasteiger charge is 2.06. The highest BCUT2D eigenvalue weighted by molar-refractivity contribution is 9.11. The average Bonchev–Trinajstić information content (AvgIpc) is 2.17. The summed E-state index contributed by atoms with van der Waals surface area (Å²) in [5, 5.41) is 0. The van der Waals surface area contributed by atoms with Crippen LogP contribution in [0.4, 0.5) is 0 Å². The molecule has 0 N–H and O–H groups in total. The monoisotopic (exact) mass is 230 g/mol. The van der Waals surface area contributed by atoms with E-state index in [1.165, 1.54) is 44.9 Å². The number of rotatable bonds is 0. The third-order valence-corrected chi connectivity index (χ3v) is 3.44. The summed E-state index contributed by atoms with van der Waals surface area (Å²) >= 11 is 3.45. The molecule has 1 unspecified atom stereocenters. The predicted molar refractivity (Wildman–Crippen MR) is 58.5 cm³/mol. The molecule has 0 radical (unpaired) electrons. The summed E-state index contributed by atoms with van der Waals surface area (Å²) in [6.45, 7) is 2.39. The van der Waals surface area contributed by atoms with Gasteiger partial charge in [-0.2, -0.15) is 0 Å². The average molecular weight is 231 g/mol. The lowest BCUT2D eigenvalue weighted by molar-refractivity contribution is 0.466. The van der Waals surface area contributed by atoms with Crippen molar-refractivity contribution in [2.45, 2.75) is 51.9 Å². The summed E-state index contributed by atoms with van der Waals surface area (Å²) in [5.41, 5.74) is 1.61. The van der Waals surface area contributed by atoms with Crippen molar-refractivity contribution in [1.82, 2.24) is 0 Å². The Morgan fingerprint density at radius 1 is 1.17 bits per heavy atom. The van der Waals surface area contributed by atoms with E-state index in [2.05, 4.69) is 27.8 Å². The molecule has 0 amide bonds. The van der Waals surface area contributed by atoms with Crippen molar-refractivity contribution in [2.24, 2.45) is 5.92 Å². The minimum absolute atomic E-state index is 0.958. The molecule has 0 saturated heterocycles. The molecule has 1 aliphatic rings. The molecule has 0 spiro atoms. The normalized spacial score (nSPS) is 30.8. The van der Waals surface area contributed by atoms with Gasteiger partial charge in [0.1, 0.15) is 0 Å². The van der Waals surface area contributed by atoms with Gasteiger partial charge in [-0.15, -0.1) is 0 Å². The minimum Gasteiger partial charge on any atom is -0.0633 e. The molecule has 0 bridgehead atoms. The van der Waals surface area contributed by atoms with Gasteiger partial charge in [-0.05, 0) is 36.6 Å². The first-order valence-electron chi connectivity index (χ1n) is 5.11. The summed E-state index contributed by atoms with van der Waals surface area (Å²) in [4.78, 5) is 2.14. The van der Waals surface area contributed by atoms with E-state index in [0.29, 0.717) is 0 Å². The molecule has 1 heteroatoms. The van der Waals surface area contributed by atoms with Gasteiger partial charge in [0.05, 0.1) is 0 Å². The van der Waals surface area contributed by atoms with E-state index in [0.717, 1.165) is 5.92 Å². The maximum absolute atomic E-state index is 3.45. The van der Waals surface area contributed by atoms with Crippen LogP contribution in [0.25, 0.3) is 0 Å². The van der Waals surface area contributed by atoms with Crippen LogP contribution in [0.5, 0.6) is 0 Å². The van der Waals surface area contributed by atoms with Crippen molar-refractivity contribution < 1.29 is 0 Å². The second-order valence-electron chi connectivity index (χ2n) is 4.01. The van der Waals surface area contributed by atoms with Crippen molar-refractivity contribution >= 4 is 15.9 Å². The van der Waals surface area contributed by atoms with Crippen molar-refractivity contribution in [2.75, 3.05) is 0 Å². The molecule has 0 heterocycles. The summed E-state index contributed by atoms with van der Waals surface area (Å²) in [6.07, 6.45) is 9.69. The molecule has 0 nitrogen and oxygen atoms in total. The lowest BCUT2D eigenvalue weighted by Gasteiger charge is -2.07. The first-order chi connectivity index (χ1) is 5.83. The Balaban J connectivity index is 2.37. The van der Waals surface area contributed by atoms with Gasteiger partial charge in [-0.3, -0.25) is 0 Å². The minimum atomic E-state index is 0.958. The summed E-state index contributed by atoms with van der Waals surface area (Å²) in [7, 11) is 0. The molecule has 1 atom stereocenters. The van der Waals surface area contributed by atoms with Crippen LogP contribution in [0.1, 0.15) is 51.9 Å².